The van der Waals surface area contributed by atoms with Gasteiger partial charge in [0.2, 0.25) is 11.8 Å². The summed E-state index contributed by atoms with van der Waals surface area (Å²) < 4.78 is 0. The van der Waals surface area contributed by atoms with Crippen molar-refractivity contribution >= 4 is 11.8 Å². The van der Waals surface area contributed by atoms with Crippen molar-refractivity contribution in [2.45, 2.75) is 57.9 Å². The molecule has 5 heteroatoms. The van der Waals surface area contributed by atoms with Gasteiger partial charge in [-0.1, -0.05) is 26.2 Å². The number of hydrogen-bond acceptors (Lipinski definition) is 3. The molecule has 0 bridgehead atoms. The summed E-state index contributed by atoms with van der Waals surface area (Å²) >= 11 is 0. The average Bonchev–Trinajstić information content (AvgIpc) is 2.53. The van der Waals surface area contributed by atoms with Crippen LogP contribution < -0.4 is 10.6 Å². The highest BCUT2D eigenvalue weighted by atomic mass is 16.2. The Morgan fingerprint density at radius 3 is 2.26 bits per heavy atom. The summed E-state index contributed by atoms with van der Waals surface area (Å²) in [6, 6.07) is 0.391. The fourth-order valence-electron chi connectivity index (χ4n) is 4.08. The van der Waals surface area contributed by atoms with Crippen molar-refractivity contribution in [2.24, 2.45) is 17.8 Å². The minimum atomic E-state index is 0.0988. The maximum absolute atomic E-state index is 12.5. The smallest absolute Gasteiger partial charge is 0.225 e. The molecule has 2 amide bonds. The first-order valence-corrected chi connectivity index (χ1v) is 9.45. The van der Waals surface area contributed by atoms with Crippen LogP contribution in [-0.4, -0.2) is 48.9 Å². The zero-order valence-corrected chi connectivity index (χ0v) is 14.4. The van der Waals surface area contributed by atoms with Crippen molar-refractivity contribution in [3.05, 3.63) is 0 Å². The van der Waals surface area contributed by atoms with Gasteiger partial charge in [-0.3, -0.25) is 9.59 Å². The van der Waals surface area contributed by atoms with Crippen LogP contribution in [0.4, 0.5) is 0 Å². The Kier molecular flexibility index (Phi) is 5.57. The maximum atomic E-state index is 12.5. The van der Waals surface area contributed by atoms with E-state index in [0.717, 1.165) is 51.9 Å². The lowest BCUT2D eigenvalue weighted by atomic mass is 9.86. The summed E-state index contributed by atoms with van der Waals surface area (Å²) in [5.41, 5.74) is 0. The zero-order chi connectivity index (χ0) is 16.2. The fourth-order valence-corrected chi connectivity index (χ4v) is 4.08. The minimum Gasteiger partial charge on any atom is -0.353 e. The highest BCUT2D eigenvalue weighted by Crippen LogP contribution is 2.24. The van der Waals surface area contributed by atoms with Crippen LogP contribution in [0.2, 0.25) is 0 Å². The Hall–Kier alpha value is -1.10. The van der Waals surface area contributed by atoms with Crippen LogP contribution in [0.25, 0.3) is 0 Å². The molecule has 0 aromatic heterocycles. The van der Waals surface area contributed by atoms with E-state index in [2.05, 4.69) is 17.6 Å². The monoisotopic (exact) mass is 321 g/mol. The summed E-state index contributed by atoms with van der Waals surface area (Å²) in [4.78, 5) is 26.9. The molecule has 1 saturated carbocycles. The van der Waals surface area contributed by atoms with Crippen LogP contribution in [0.15, 0.2) is 0 Å². The van der Waals surface area contributed by atoms with Gasteiger partial charge in [-0.05, 0) is 44.7 Å². The summed E-state index contributed by atoms with van der Waals surface area (Å²) in [7, 11) is 0. The molecule has 1 aliphatic carbocycles. The molecule has 23 heavy (non-hydrogen) atoms. The van der Waals surface area contributed by atoms with Gasteiger partial charge in [0.15, 0.2) is 0 Å². The lowest BCUT2D eigenvalue weighted by Gasteiger charge is -2.38. The molecule has 3 rings (SSSR count). The Labute approximate surface area is 139 Å². The highest BCUT2D eigenvalue weighted by Gasteiger charge is 2.34. The molecular weight excluding hydrogens is 290 g/mol. The second-order valence-electron chi connectivity index (χ2n) is 7.65. The maximum Gasteiger partial charge on any atom is 0.225 e. The first-order chi connectivity index (χ1) is 11.1. The van der Waals surface area contributed by atoms with E-state index in [1.807, 2.05) is 4.90 Å². The molecular formula is C18H31N3O2. The average molecular weight is 321 g/mol. The van der Waals surface area contributed by atoms with E-state index in [-0.39, 0.29) is 23.7 Å². The number of nitrogens with zero attached hydrogens (tertiary/aromatic N) is 1. The van der Waals surface area contributed by atoms with E-state index in [1.54, 1.807) is 0 Å². The predicted octanol–water partition coefficient (Wildman–Crippen LogP) is 1.53. The van der Waals surface area contributed by atoms with Crippen molar-refractivity contribution < 1.29 is 9.59 Å². The molecule has 0 radical (unpaired) electrons. The summed E-state index contributed by atoms with van der Waals surface area (Å²) in [5, 5.41) is 6.48. The molecule has 2 saturated heterocycles. The topological polar surface area (TPSA) is 61.4 Å². The minimum absolute atomic E-state index is 0.0988. The van der Waals surface area contributed by atoms with Crippen LogP contribution in [0, 0.1) is 17.8 Å². The van der Waals surface area contributed by atoms with Crippen molar-refractivity contribution in [1.82, 2.24) is 15.5 Å². The molecule has 2 aliphatic heterocycles. The lowest BCUT2D eigenvalue weighted by Crippen LogP contribution is -2.52. The second kappa shape index (κ2) is 7.65. The quantitative estimate of drug-likeness (QED) is 0.825. The summed E-state index contributed by atoms with van der Waals surface area (Å²) in [5.74, 6) is 1.21. The molecule has 0 aromatic carbocycles. The van der Waals surface area contributed by atoms with E-state index in [4.69, 9.17) is 0 Å². The Balaban J connectivity index is 1.42. The van der Waals surface area contributed by atoms with Gasteiger partial charge < -0.3 is 15.5 Å². The normalized spacial score (nSPS) is 25.7. The highest BCUT2D eigenvalue weighted by molar-refractivity contribution is 5.81. The number of rotatable bonds is 4. The number of nitrogens with one attached hydrogen (secondary N) is 2. The van der Waals surface area contributed by atoms with Crippen LogP contribution >= 0.6 is 0 Å². The number of carbonyl (C=O) groups excluding carboxylic acids is 2. The fraction of sp³-hybridized carbons (Fsp3) is 0.889. The van der Waals surface area contributed by atoms with Crippen LogP contribution in [0.1, 0.15) is 51.9 Å². The van der Waals surface area contributed by atoms with Crippen LogP contribution in [0.3, 0.4) is 0 Å². The largest absolute Gasteiger partial charge is 0.353 e. The Morgan fingerprint density at radius 1 is 1.04 bits per heavy atom. The van der Waals surface area contributed by atoms with E-state index in [1.165, 1.54) is 19.3 Å². The molecule has 3 aliphatic rings. The molecule has 1 unspecified atom stereocenters. The van der Waals surface area contributed by atoms with Gasteiger partial charge in [0, 0.05) is 31.0 Å². The third kappa shape index (κ3) is 4.06. The predicted molar refractivity (Wildman–Crippen MR) is 89.8 cm³/mol. The van der Waals surface area contributed by atoms with Crippen molar-refractivity contribution in [2.75, 3.05) is 26.2 Å². The standard InChI is InChI=1S/C18H31N3O2/c1-13(15-11-19-12-15)18(23)21-9-7-14(8-10-21)17(22)20-16-5-3-2-4-6-16/h13-16,19H,2-12H2,1H3,(H,20,22). The summed E-state index contributed by atoms with van der Waals surface area (Å²) in [6.07, 6.45) is 7.70. The van der Waals surface area contributed by atoms with Crippen molar-refractivity contribution in [3.8, 4) is 0 Å². The van der Waals surface area contributed by atoms with E-state index < -0.39 is 0 Å². The lowest BCUT2D eigenvalue weighted by molar-refractivity contribution is -0.140. The van der Waals surface area contributed by atoms with Crippen molar-refractivity contribution in [3.63, 3.8) is 0 Å². The van der Waals surface area contributed by atoms with Gasteiger partial charge in [-0.15, -0.1) is 0 Å². The van der Waals surface area contributed by atoms with Crippen LogP contribution in [-0.2, 0) is 9.59 Å². The Bertz CT molecular complexity index is 422. The Morgan fingerprint density at radius 2 is 1.70 bits per heavy atom. The van der Waals surface area contributed by atoms with Gasteiger partial charge in [-0.2, -0.15) is 0 Å². The number of hydrogen-bond donors (Lipinski definition) is 2. The SMILES string of the molecule is CC(C(=O)N1CCC(C(=O)NC2CCCCC2)CC1)C1CNC1. The van der Waals surface area contributed by atoms with E-state index >= 15 is 0 Å². The molecule has 2 N–H and O–H groups in total. The molecule has 2 heterocycles. The second-order valence-corrected chi connectivity index (χ2v) is 7.65. The van der Waals surface area contributed by atoms with Crippen LogP contribution in [0.5, 0.6) is 0 Å². The molecule has 5 nitrogen and oxygen atoms in total. The molecule has 0 spiro atoms. The molecule has 0 aromatic rings. The number of carbonyl (C=O) groups is 2. The van der Waals surface area contributed by atoms with E-state index in [0.29, 0.717) is 12.0 Å². The van der Waals surface area contributed by atoms with Gasteiger partial charge in [0.1, 0.15) is 0 Å². The van der Waals surface area contributed by atoms with Gasteiger partial charge in [0.25, 0.3) is 0 Å². The van der Waals surface area contributed by atoms with E-state index in [9.17, 15) is 9.59 Å². The number of piperidine rings is 1. The van der Waals surface area contributed by atoms with Gasteiger partial charge >= 0.3 is 0 Å². The number of likely N-dealkylation sites (tertiary alicyclic amines) is 1. The van der Waals surface area contributed by atoms with Crippen molar-refractivity contribution in [1.29, 1.82) is 0 Å². The third-order valence-corrected chi connectivity index (χ3v) is 6.04. The summed E-state index contributed by atoms with van der Waals surface area (Å²) in [6.45, 7) is 5.47. The first-order valence-electron chi connectivity index (χ1n) is 9.45. The van der Waals surface area contributed by atoms with Gasteiger partial charge in [0.05, 0.1) is 0 Å². The first kappa shape index (κ1) is 16.7. The third-order valence-electron chi connectivity index (χ3n) is 6.04. The zero-order valence-electron chi connectivity index (χ0n) is 14.4. The number of amides is 2. The molecule has 3 fully saturated rings. The molecule has 130 valence electrons. The van der Waals surface area contributed by atoms with Gasteiger partial charge in [-0.25, -0.2) is 0 Å². The molecule has 1 atom stereocenters.